The number of amides is 2. The summed E-state index contributed by atoms with van der Waals surface area (Å²) in [4.78, 5) is 25.5. The highest BCUT2D eigenvalue weighted by molar-refractivity contribution is 5.84. The van der Waals surface area contributed by atoms with E-state index in [1.807, 2.05) is 0 Å². The van der Waals surface area contributed by atoms with Gasteiger partial charge in [0.1, 0.15) is 0 Å². The first-order valence-electron chi connectivity index (χ1n) is 7.60. The molecule has 0 aromatic heterocycles. The first-order chi connectivity index (χ1) is 9.66. The molecule has 0 aromatic rings. The quantitative estimate of drug-likeness (QED) is 0.648. The Labute approximate surface area is 119 Å². The average molecular weight is 283 g/mol. The Hall–Kier alpha value is -1.14. The van der Waals surface area contributed by atoms with Crippen LogP contribution in [-0.2, 0) is 9.59 Å². The number of rotatable bonds is 4. The fourth-order valence-corrected chi connectivity index (χ4v) is 2.78. The molecule has 2 aliphatic rings. The van der Waals surface area contributed by atoms with Gasteiger partial charge >= 0.3 is 0 Å². The Kier molecular flexibility index (Phi) is 5.79. The second-order valence-corrected chi connectivity index (χ2v) is 5.77. The summed E-state index contributed by atoms with van der Waals surface area (Å²) in [5.74, 6) is 0.0300. The van der Waals surface area contributed by atoms with Crippen LogP contribution in [0.4, 0.5) is 0 Å². The zero-order valence-electron chi connectivity index (χ0n) is 11.9. The summed E-state index contributed by atoms with van der Waals surface area (Å²) in [5.41, 5.74) is 0. The zero-order valence-corrected chi connectivity index (χ0v) is 11.9. The number of hydrogen-bond donors (Lipinski definition) is 3. The van der Waals surface area contributed by atoms with Crippen molar-refractivity contribution in [2.24, 2.45) is 5.92 Å². The molecule has 2 atom stereocenters. The van der Waals surface area contributed by atoms with Crippen molar-refractivity contribution in [3.8, 4) is 0 Å². The fourth-order valence-electron chi connectivity index (χ4n) is 2.78. The fraction of sp³-hybridized carbons (Fsp3) is 0.857. The van der Waals surface area contributed by atoms with E-state index in [2.05, 4.69) is 10.6 Å². The SMILES string of the molecule is O=C(CN1CCCCCCC1=O)NCC1CNCC1O. The number of nitrogens with zero attached hydrogens (tertiary/aromatic N) is 1. The van der Waals surface area contributed by atoms with Gasteiger partial charge in [-0.15, -0.1) is 0 Å². The lowest BCUT2D eigenvalue weighted by Crippen LogP contribution is -2.43. The third-order valence-electron chi connectivity index (χ3n) is 4.12. The molecule has 114 valence electrons. The summed E-state index contributed by atoms with van der Waals surface area (Å²) in [6.07, 6.45) is 4.31. The Bertz CT molecular complexity index is 349. The summed E-state index contributed by atoms with van der Waals surface area (Å²) in [6.45, 7) is 2.61. The molecule has 2 aliphatic heterocycles. The van der Waals surface area contributed by atoms with E-state index in [1.54, 1.807) is 4.90 Å². The third-order valence-corrected chi connectivity index (χ3v) is 4.12. The highest BCUT2D eigenvalue weighted by Crippen LogP contribution is 2.11. The Morgan fingerprint density at radius 2 is 2.10 bits per heavy atom. The molecule has 0 spiro atoms. The van der Waals surface area contributed by atoms with Crippen molar-refractivity contribution in [1.82, 2.24) is 15.5 Å². The van der Waals surface area contributed by atoms with E-state index < -0.39 is 6.10 Å². The van der Waals surface area contributed by atoms with Crippen LogP contribution in [0.25, 0.3) is 0 Å². The number of aliphatic hydroxyl groups is 1. The van der Waals surface area contributed by atoms with Gasteiger partial charge in [-0.25, -0.2) is 0 Å². The standard InChI is InChI=1S/C14H25N3O3/c18-12-9-15-7-11(12)8-16-13(19)10-17-6-4-2-1-3-5-14(17)20/h11-12,15,18H,1-10H2,(H,16,19). The molecule has 3 N–H and O–H groups in total. The van der Waals surface area contributed by atoms with Crippen molar-refractivity contribution in [3.63, 3.8) is 0 Å². The van der Waals surface area contributed by atoms with Crippen LogP contribution in [0.3, 0.4) is 0 Å². The monoisotopic (exact) mass is 283 g/mol. The van der Waals surface area contributed by atoms with Gasteiger partial charge < -0.3 is 20.6 Å². The summed E-state index contributed by atoms with van der Waals surface area (Å²) in [7, 11) is 0. The molecule has 2 unspecified atom stereocenters. The highest BCUT2D eigenvalue weighted by atomic mass is 16.3. The number of hydrogen-bond acceptors (Lipinski definition) is 4. The predicted molar refractivity (Wildman–Crippen MR) is 75.0 cm³/mol. The summed E-state index contributed by atoms with van der Waals surface area (Å²) < 4.78 is 0. The summed E-state index contributed by atoms with van der Waals surface area (Å²) >= 11 is 0. The minimum Gasteiger partial charge on any atom is -0.391 e. The number of nitrogens with one attached hydrogen (secondary N) is 2. The van der Waals surface area contributed by atoms with Crippen LogP contribution in [0.5, 0.6) is 0 Å². The van der Waals surface area contributed by atoms with E-state index >= 15 is 0 Å². The van der Waals surface area contributed by atoms with Gasteiger partial charge in [-0.05, 0) is 12.8 Å². The number of β-amino-alcohol motifs (C(OH)–C–C–N with tert-alkyl or cyclic N) is 1. The van der Waals surface area contributed by atoms with Gasteiger partial charge in [0.05, 0.1) is 12.6 Å². The molecule has 2 fully saturated rings. The topological polar surface area (TPSA) is 81.7 Å². The van der Waals surface area contributed by atoms with E-state index in [-0.39, 0.29) is 24.3 Å². The minimum atomic E-state index is -0.390. The largest absolute Gasteiger partial charge is 0.391 e. The molecule has 2 amide bonds. The lowest BCUT2D eigenvalue weighted by Gasteiger charge is -2.24. The van der Waals surface area contributed by atoms with Gasteiger partial charge in [-0.1, -0.05) is 12.8 Å². The summed E-state index contributed by atoms with van der Waals surface area (Å²) in [5, 5.41) is 15.6. The van der Waals surface area contributed by atoms with Gasteiger partial charge in [0, 0.05) is 38.5 Å². The van der Waals surface area contributed by atoms with Crippen LogP contribution in [0, 0.1) is 5.92 Å². The maximum absolute atomic E-state index is 11.9. The average Bonchev–Trinajstić information content (AvgIpc) is 2.82. The molecule has 6 heteroatoms. The van der Waals surface area contributed by atoms with Crippen LogP contribution in [0.2, 0.25) is 0 Å². The van der Waals surface area contributed by atoms with Crippen LogP contribution in [-0.4, -0.2) is 60.6 Å². The smallest absolute Gasteiger partial charge is 0.239 e. The van der Waals surface area contributed by atoms with Crippen molar-refractivity contribution in [2.75, 3.05) is 32.7 Å². The maximum atomic E-state index is 11.9. The Morgan fingerprint density at radius 1 is 1.30 bits per heavy atom. The second-order valence-electron chi connectivity index (χ2n) is 5.77. The van der Waals surface area contributed by atoms with E-state index in [0.29, 0.717) is 26.1 Å². The maximum Gasteiger partial charge on any atom is 0.239 e. The van der Waals surface area contributed by atoms with E-state index in [1.165, 1.54) is 0 Å². The van der Waals surface area contributed by atoms with Crippen molar-refractivity contribution < 1.29 is 14.7 Å². The first kappa shape index (κ1) is 15.3. The van der Waals surface area contributed by atoms with Crippen molar-refractivity contribution in [2.45, 2.75) is 38.2 Å². The van der Waals surface area contributed by atoms with Gasteiger partial charge in [0.25, 0.3) is 0 Å². The Balaban J connectivity index is 1.73. The Morgan fingerprint density at radius 3 is 2.85 bits per heavy atom. The predicted octanol–water partition coefficient (Wildman–Crippen LogP) is -0.524. The molecule has 0 bridgehead atoms. The molecule has 0 aromatic carbocycles. The van der Waals surface area contributed by atoms with Crippen LogP contribution < -0.4 is 10.6 Å². The molecular formula is C14H25N3O3. The van der Waals surface area contributed by atoms with Crippen LogP contribution in [0.1, 0.15) is 32.1 Å². The van der Waals surface area contributed by atoms with Crippen molar-refractivity contribution >= 4 is 11.8 Å². The molecular weight excluding hydrogens is 258 g/mol. The van der Waals surface area contributed by atoms with E-state index in [4.69, 9.17) is 0 Å². The molecule has 20 heavy (non-hydrogen) atoms. The summed E-state index contributed by atoms with van der Waals surface area (Å²) in [6, 6.07) is 0. The highest BCUT2D eigenvalue weighted by Gasteiger charge is 2.25. The molecule has 0 radical (unpaired) electrons. The van der Waals surface area contributed by atoms with Crippen molar-refractivity contribution in [1.29, 1.82) is 0 Å². The molecule has 2 saturated heterocycles. The van der Waals surface area contributed by atoms with E-state index in [0.717, 1.165) is 32.2 Å². The minimum absolute atomic E-state index is 0.0713. The molecule has 0 aliphatic carbocycles. The molecule has 6 nitrogen and oxygen atoms in total. The van der Waals surface area contributed by atoms with Gasteiger partial charge in [-0.3, -0.25) is 9.59 Å². The zero-order chi connectivity index (χ0) is 14.4. The molecule has 2 heterocycles. The normalized spacial score (nSPS) is 28.1. The van der Waals surface area contributed by atoms with Crippen LogP contribution in [0.15, 0.2) is 0 Å². The lowest BCUT2D eigenvalue weighted by atomic mass is 10.1. The van der Waals surface area contributed by atoms with Gasteiger partial charge in [0.2, 0.25) is 11.8 Å². The third kappa shape index (κ3) is 4.45. The van der Waals surface area contributed by atoms with Crippen LogP contribution >= 0.6 is 0 Å². The van der Waals surface area contributed by atoms with Gasteiger partial charge in [0.15, 0.2) is 0 Å². The first-order valence-corrected chi connectivity index (χ1v) is 7.60. The number of likely N-dealkylation sites (tertiary alicyclic amines) is 1. The molecule has 2 rings (SSSR count). The lowest BCUT2D eigenvalue weighted by molar-refractivity contribution is -0.136. The molecule has 0 saturated carbocycles. The number of carbonyl (C=O) groups is 2. The van der Waals surface area contributed by atoms with Gasteiger partial charge in [-0.2, -0.15) is 0 Å². The second kappa shape index (κ2) is 7.59. The van der Waals surface area contributed by atoms with Crippen molar-refractivity contribution in [3.05, 3.63) is 0 Å². The van der Waals surface area contributed by atoms with E-state index in [9.17, 15) is 14.7 Å². The number of carbonyl (C=O) groups excluding carboxylic acids is 2. The number of aliphatic hydroxyl groups excluding tert-OH is 1.